The van der Waals surface area contributed by atoms with E-state index >= 15 is 0 Å². The third-order valence-electron chi connectivity index (χ3n) is 12.2. The predicted octanol–water partition coefficient (Wildman–Crippen LogP) is 12.7. The highest BCUT2D eigenvalue weighted by molar-refractivity contribution is 7.85. The van der Waals surface area contributed by atoms with Gasteiger partial charge in [-0.1, -0.05) is 212 Å². The fourth-order valence-corrected chi connectivity index (χ4v) is 12.2. The first-order valence-electron chi connectivity index (χ1n) is 20.1. The molecule has 0 spiro atoms. The van der Waals surface area contributed by atoms with Gasteiger partial charge >= 0.3 is 0 Å². The summed E-state index contributed by atoms with van der Waals surface area (Å²) in [6, 6.07) is 80.9. The lowest BCUT2D eigenvalue weighted by atomic mass is 9.67. The average Bonchev–Trinajstić information content (AvgIpc) is 3.61. The summed E-state index contributed by atoms with van der Waals surface area (Å²) in [7, 11) is -3.06. The van der Waals surface area contributed by atoms with Gasteiger partial charge in [-0.2, -0.15) is 0 Å². The Balaban J connectivity index is 1.05. The van der Waals surface area contributed by atoms with Crippen molar-refractivity contribution in [2.75, 3.05) is 0 Å². The first kappa shape index (κ1) is 35.1. The van der Waals surface area contributed by atoms with E-state index in [4.69, 9.17) is 4.98 Å². The SMILES string of the molecule is O=P(c1ccccc1)(c1ccccc1)c1ccc(-c2ccc(-c3nc4ccccc4c4cc5c(cc34)-c3ccccc3C5(c3ccccc3)c3ccccc3)cc2)cc1. The number of rotatable bonds is 7. The van der Waals surface area contributed by atoms with Crippen LogP contribution >= 0.6 is 7.14 Å². The van der Waals surface area contributed by atoms with Crippen LogP contribution in [0.5, 0.6) is 0 Å². The van der Waals surface area contributed by atoms with E-state index in [0.717, 1.165) is 54.6 Å². The van der Waals surface area contributed by atoms with Crippen molar-refractivity contribution in [2.24, 2.45) is 0 Å². The smallest absolute Gasteiger partial charge is 0.171 e. The zero-order chi connectivity index (χ0) is 39.4. The summed E-state index contributed by atoms with van der Waals surface area (Å²) < 4.78 is 15.0. The second-order valence-electron chi connectivity index (χ2n) is 15.4. The molecule has 9 aromatic carbocycles. The maximum atomic E-state index is 15.0. The standard InChI is InChI=1S/C56H38NOP/c58-59(44-21-9-3-10-22-44,45-23-11-4-12-24-45)46-35-33-40(34-36-46)39-29-31-41(32-30-39)55-51-37-50-47-25-13-15-27-52(47)56(42-17-5-1-6-18-42,43-19-7-2-8-20-43)53(50)38-49(51)48-26-14-16-28-54(48)57-55/h1-38H. The van der Waals surface area contributed by atoms with Crippen LogP contribution in [0.1, 0.15) is 22.3 Å². The zero-order valence-corrected chi connectivity index (χ0v) is 33.1. The number of benzene rings is 9. The monoisotopic (exact) mass is 771 g/mol. The van der Waals surface area contributed by atoms with Gasteiger partial charge in [-0.3, -0.25) is 0 Å². The van der Waals surface area contributed by atoms with E-state index in [1.54, 1.807) is 0 Å². The first-order valence-corrected chi connectivity index (χ1v) is 21.9. The Labute approximate surface area is 344 Å². The molecule has 0 fully saturated rings. The Morgan fingerprint density at radius 3 is 1.44 bits per heavy atom. The number of aromatic nitrogens is 1. The first-order chi connectivity index (χ1) is 29.1. The maximum Gasteiger partial charge on any atom is 0.171 e. The number of nitrogens with zero attached hydrogens (tertiary/aromatic N) is 1. The minimum atomic E-state index is -3.06. The Bertz CT molecular complexity index is 3120. The molecule has 0 unspecified atom stereocenters. The number of fused-ring (bicyclic) bond motifs is 6. The zero-order valence-electron chi connectivity index (χ0n) is 32.2. The van der Waals surface area contributed by atoms with Crippen molar-refractivity contribution < 1.29 is 4.57 Å². The highest BCUT2D eigenvalue weighted by Gasteiger charge is 2.46. The highest BCUT2D eigenvalue weighted by Crippen LogP contribution is 2.57. The second kappa shape index (κ2) is 14.1. The van der Waals surface area contributed by atoms with E-state index in [0.29, 0.717) is 0 Å². The molecule has 1 aliphatic rings. The van der Waals surface area contributed by atoms with E-state index in [1.165, 1.54) is 38.8 Å². The van der Waals surface area contributed by atoms with Crippen LogP contribution in [0.25, 0.3) is 55.2 Å². The van der Waals surface area contributed by atoms with Crippen LogP contribution in [0, 0.1) is 0 Å². The molecule has 0 N–H and O–H groups in total. The van der Waals surface area contributed by atoms with Gasteiger partial charge in [-0.25, -0.2) is 4.98 Å². The molecule has 1 heterocycles. The lowest BCUT2D eigenvalue weighted by Crippen LogP contribution is -2.28. The lowest BCUT2D eigenvalue weighted by Gasteiger charge is -2.34. The van der Waals surface area contributed by atoms with Gasteiger partial charge in [0.1, 0.15) is 0 Å². The van der Waals surface area contributed by atoms with E-state index in [1.807, 2.05) is 72.8 Å². The van der Waals surface area contributed by atoms with Gasteiger partial charge in [-0.05, 0) is 68.1 Å². The van der Waals surface area contributed by atoms with E-state index < -0.39 is 12.6 Å². The normalized spacial score (nSPS) is 12.9. The molecule has 0 atom stereocenters. The number of para-hydroxylation sites is 1. The summed E-state index contributed by atoms with van der Waals surface area (Å²) in [5.41, 5.74) is 12.2. The van der Waals surface area contributed by atoms with Crippen molar-refractivity contribution in [2.45, 2.75) is 5.41 Å². The van der Waals surface area contributed by atoms with E-state index in [-0.39, 0.29) is 0 Å². The van der Waals surface area contributed by atoms with Crippen molar-refractivity contribution >= 4 is 44.7 Å². The molecule has 1 aliphatic carbocycles. The molecule has 0 saturated heterocycles. The quantitative estimate of drug-likeness (QED) is 0.119. The lowest BCUT2D eigenvalue weighted by molar-refractivity contribution is 0.592. The molecule has 278 valence electrons. The van der Waals surface area contributed by atoms with Gasteiger partial charge in [0.05, 0.1) is 16.6 Å². The van der Waals surface area contributed by atoms with Gasteiger partial charge in [0.2, 0.25) is 0 Å². The van der Waals surface area contributed by atoms with Crippen LogP contribution in [0.3, 0.4) is 0 Å². The van der Waals surface area contributed by atoms with Gasteiger partial charge in [-0.15, -0.1) is 0 Å². The van der Waals surface area contributed by atoms with E-state index in [9.17, 15) is 4.57 Å². The Hall–Kier alpha value is -7.12. The molecule has 59 heavy (non-hydrogen) atoms. The average molecular weight is 772 g/mol. The third-order valence-corrected chi connectivity index (χ3v) is 15.3. The van der Waals surface area contributed by atoms with Crippen LogP contribution < -0.4 is 15.9 Å². The maximum absolute atomic E-state index is 15.0. The van der Waals surface area contributed by atoms with Crippen molar-refractivity contribution in [3.63, 3.8) is 0 Å². The molecule has 0 amide bonds. The van der Waals surface area contributed by atoms with Crippen LogP contribution in [-0.2, 0) is 9.98 Å². The molecule has 11 rings (SSSR count). The van der Waals surface area contributed by atoms with Gasteiger partial charge in [0.15, 0.2) is 7.14 Å². The Morgan fingerprint density at radius 2 is 0.831 bits per heavy atom. The number of hydrogen-bond acceptors (Lipinski definition) is 2. The van der Waals surface area contributed by atoms with Crippen molar-refractivity contribution in [3.8, 4) is 33.5 Å². The Kier molecular flexibility index (Phi) is 8.36. The summed E-state index contributed by atoms with van der Waals surface area (Å²) in [4.78, 5) is 5.38. The van der Waals surface area contributed by atoms with Crippen LogP contribution in [-0.4, -0.2) is 4.98 Å². The number of hydrogen-bond donors (Lipinski definition) is 0. The summed E-state index contributed by atoms with van der Waals surface area (Å²) in [6.45, 7) is 0. The molecule has 3 heteroatoms. The number of pyridine rings is 1. The van der Waals surface area contributed by atoms with Crippen molar-refractivity contribution in [1.82, 2.24) is 4.98 Å². The van der Waals surface area contributed by atoms with Gasteiger partial charge in [0, 0.05) is 32.2 Å². The van der Waals surface area contributed by atoms with Gasteiger partial charge in [0.25, 0.3) is 0 Å². The molecule has 0 bridgehead atoms. The van der Waals surface area contributed by atoms with Gasteiger partial charge < -0.3 is 4.57 Å². The Morgan fingerprint density at radius 1 is 0.356 bits per heavy atom. The molecule has 0 radical (unpaired) electrons. The van der Waals surface area contributed by atoms with Crippen LogP contribution in [0.4, 0.5) is 0 Å². The van der Waals surface area contributed by atoms with Crippen LogP contribution in [0.15, 0.2) is 231 Å². The molecular weight excluding hydrogens is 734 g/mol. The summed E-state index contributed by atoms with van der Waals surface area (Å²) in [5, 5.41) is 5.94. The van der Waals surface area contributed by atoms with E-state index in [2.05, 4.69) is 158 Å². The van der Waals surface area contributed by atoms with Crippen molar-refractivity contribution in [1.29, 1.82) is 0 Å². The summed E-state index contributed by atoms with van der Waals surface area (Å²) in [6.07, 6.45) is 0. The fraction of sp³-hybridized carbons (Fsp3) is 0.0179. The molecule has 2 nitrogen and oxygen atoms in total. The largest absolute Gasteiger partial charge is 0.309 e. The predicted molar refractivity (Wildman–Crippen MR) is 247 cm³/mol. The second-order valence-corrected chi connectivity index (χ2v) is 18.1. The summed E-state index contributed by atoms with van der Waals surface area (Å²) >= 11 is 0. The molecule has 0 aliphatic heterocycles. The third kappa shape index (κ3) is 5.48. The molecule has 0 saturated carbocycles. The van der Waals surface area contributed by atoms with Crippen molar-refractivity contribution in [3.05, 3.63) is 253 Å². The topological polar surface area (TPSA) is 30.0 Å². The molecule has 10 aromatic rings. The summed E-state index contributed by atoms with van der Waals surface area (Å²) in [5.74, 6) is 0. The van der Waals surface area contributed by atoms with Crippen LogP contribution in [0.2, 0.25) is 0 Å². The minimum absolute atomic E-state index is 0.486. The fourth-order valence-electron chi connectivity index (χ4n) is 9.51. The highest BCUT2D eigenvalue weighted by atomic mass is 31.2. The minimum Gasteiger partial charge on any atom is -0.309 e. The molecule has 1 aromatic heterocycles. The molecular formula is C56H38NOP.